The van der Waals surface area contributed by atoms with E-state index in [1.807, 2.05) is 0 Å². The van der Waals surface area contributed by atoms with Crippen molar-refractivity contribution in [3.8, 4) is 11.7 Å². The molecule has 20 nitrogen and oxygen atoms in total. The van der Waals surface area contributed by atoms with E-state index in [1.165, 1.54) is 68.1 Å². The summed E-state index contributed by atoms with van der Waals surface area (Å²) in [6.07, 6.45) is -3.58. The fourth-order valence-electron chi connectivity index (χ4n) is 4.56. The van der Waals surface area contributed by atoms with Gasteiger partial charge >= 0.3 is 16.3 Å². The molecule has 1 aliphatic rings. The third-order valence-electron chi connectivity index (χ3n) is 7.24. The quantitative estimate of drug-likeness (QED) is 0.120. The molecule has 4 heterocycles. The van der Waals surface area contributed by atoms with Crippen molar-refractivity contribution in [2.24, 2.45) is 0 Å². The molecule has 1 fully saturated rings. The molecule has 21 heteroatoms. The van der Waals surface area contributed by atoms with E-state index >= 15 is 0 Å². The summed E-state index contributed by atoms with van der Waals surface area (Å²) in [5, 5.41) is 38.4. The monoisotopic (exact) mass is 692 g/mol. The second kappa shape index (κ2) is 15.4. The lowest BCUT2D eigenvalue weighted by molar-refractivity contribution is -0.0468. The number of carbonyl (C=O) groups is 2. The third-order valence-corrected chi connectivity index (χ3v) is 8.12. The Kier molecular flexibility index (Phi) is 11.6. The number of fused-ring (bicyclic) bond motifs is 1. The molecule has 1 aromatic carbocycles. The van der Waals surface area contributed by atoms with Crippen LogP contribution in [0.3, 0.4) is 0 Å². The number of aromatic hydroxyl groups is 1. The summed E-state index contributed by atoms with van der Waals surface area (Å²) in [6, 6.07) is 5.25. The highest BCUT2D eigenvalue weighted by Gasteiger charge is 2.45. The number of nitrogens with two attached hydrogens (primary N) is 1. The molecule has 260 valence electrons. The van der Waals surface area contributed by atoms with Crippen LogP contribution >= 0.6 is 0 Å². The normalized spacial score (nSPS) is 19.2. The van der Waals surface area contributed by atoms with Crippen molar-refractivity contribution in [2.45, 2.75) is 45.3 Å². The molecule has 6 N–H and O–H groups in total. The fraction of sp³-hybridized carbons (Fsp3) is 0.444. The smallest absolute Gasteiger partial charge is 0.362 e. The van der Waals surface area contributed by atoms with E-state index in [4.69, 9.17) is 14.7 Å². The van der Waals surface area contributed by atoms with Crippen LogP contribution in [0, 0.1) is 0 Å². The van der Waals surface area contributed by atoms with Crippen LogP contribution in [0.4, 0.5) is 5.82 Å². The minimum Gasteiger partial charge on any atom is -0.507 e. The van der Waals surface area contributed by atoms with Crippen LogP contribution in [-0.2, 0) is 24.0 Å². The number of hydrogen-bond acceptors (Lipinski definition) is 17. The Morgan fingerprint density at radius 1 is 1.10 bits per heavy atom. The minimum absolute atomic E-state index is 0.0305. The Bertz CT molecular complexity index is 1840. The second-order valence-corrected chi connectivity index (χ2v) is 11.5. The first-order chi connectivity index (χ1) is 22.8. The number of nitrogens with one attached hydrogen (secondary N) is 1. The van der Waals surface area contributed by atoms with Gasteiger partial charge in [0, 0.05) is 0 Å². The Morgan fingerprint density at radius 2 is 1.79 bits per heavy atom. The number of nitrogen functional groups attached to an aromatic ring is 1. The lowest BCUT2D eigenvalue weighted by Gasteiger charge is -2.16. The van der Waals surface area contributed by atoms with E-state index in [-0.39, 0.29) is 34.2 Å². The number of esters is 1. The van der Waals surface area contributed by atoms with Crippen molar-refractivity contribution < 1.29 is 47.0 Å². The highest BCUT2D eigenvalue weighted by Crippen LogP contribution is 2.32. The van der Waals surface area contributed by atoms with E-state index in [9.17, 15) is 33.3 Å². The molecule has 4 atom stereocenters. The summed E-state index contributed by atoms with van der Waals surface area (Å²) in [5.74, 6) is -2.58. The SMILES string of the molecule is CCN(CC)CC.COC(=O)c1cn(-c2nc(N)c3ncn([C@@H]4O[C@H](COS(=O)(=O)NC(=O)c5ccccc5O)[C@@H](O)[C@H]4O)c3n2)nn1. The number of para-hydroxylation sites is 1. The van der Waals surface area contributed by atoms with Crippen molar-refractivity contribution in [1.82, 2.24) is 44.1 Å². The number of aliphatic hydroxyl groups excluding tert-OH is 2. The zero-order valence-corrected chi connectivity index (χ0v) is 27.2. The van der Waals surface area contributed by atoms with E-state index in [1.54, 1.807) is 4.72 Å². The van der Waals surface area contributed by atoms with Gasteiger partial charge in [0.05, 0.1) is 31.8 Å². The minimum atomic E-state index is -4.72. The number of ether oxygens (including phenoxy) is 2. The van der Waals surface area contributed by atoms with Gasteiger partial charge in [0.1, 0.15) is 29.6 Å². The third kappa shape index (κ3) is 8.00. The topological polar surface area (TPSA) is 272 Å². The molecule has 1 saturated heterocycles. The maximum absolute atomic E-state index is 12.3. The first kappa shape index (κ1) is 36.0. The van der Waals surface area contributed by atoms with Gasteiger partial charge in [0.2, 0.25) is 0 Å². The summed E-state index contributed by atoms with van der Waals surface area (Å²) in [5.41, 5.74) is 5.69. The lowest BCUT2D eigenvalue weighted by Crippen LogP contribution is -2.37. The van der Waals surface area contributed by atoms with Crippen LogP contribution in [0.2, 0.25) is 0 Å². The van der Waals surface area contributed by atoms with Gasteiger partial charge in [0.15, 0.2) is 23.4 Å². The van der Waals surface area contributed by atoms with E-state index in [2.05, 4.69) is 55.7 Å². The van der Waals surface area contributed by atoms with Gasteiger partial charge in [-0.05, 0) is 31.8 Å². The number of benzene rings is 1. The molecule has 1 aliphatic heterocycles. The zero-order chi connectivity index (χ0) is 35.2. The lowest BCUT2D eigenvalue weighted by atomic mass is 10.1. The van der Waals surface area contributed by atoms with Crippen molar-refractivity contribution in [2.75, 3.05) is 39.1 Å². The molecule has 0 aliphatic carbocycles. The van der Waals surface area contributed by atoms with E-state index < -0.39 is 59.1 Å². The number of phenols is 1. The molecular weight excluding hydrogens is 656 g/mol. The predicted octanol–water partition coefficient (Wildman–Crippen LogP) is -0.860. The summed E-state index contributed by atoms with van der Waals surface area (Å²) in [6.45, 7) is 9.32. The van der Waals surface area contributed by atoms with Crippen LogP contribution in [0.15, 0.2) is 36.8 Å². The largest absolute Gasteiger partial charge is 0.507 e. The van der Waals surface area contributed by atoms with Gasteiger partial charge in [-0.1, -0.05) is 38.1 Å². The number of rotatable bonds is 11. The number of aromatic nitrogens is 7. The molecule has 0 saturated carbocycles. The number of methoxy groups -OCH3 is 1. The molecule has 3 aromatic heterocycles. The summed E-state index contributed by atoms with van der Waals surface area (Å²) < 4.78 is 43.5. The molecule has 4 aromatic rings. The number of phenolic OH excluding ortho intramolecular Hbond substituents is 1. The average Bonchev–Trinajstić information content (AvgIpc) is 3.79. The Balaban J connectivity index is 0.000000671. The van der Waals surface area contributed by atoms with Gasteiger partial charge in [0.25, 0.3) is 11.9 Å². The Morgan fingerprint density at radius 3 is 2.42 bits per heavy atom. The number of carbonyl (C=O) groups excluding carboxylic acids is 2. The first-order valence-electron chi connectivity index (χ1n) is 14.6. The zero-order valence-electron chi connectivity index (χ0n) is 26.4. The van der Waals surface area contributed by atoms with Crippen molar-refractivity contribution in [3.63, 3.8) is 0 Å². The molecule has 0 unspecified atom stereocenters. The van der Waals surface area contributed by atoms with Crippen LogP contribution in [-0.4, -0.2) is 127 Å². The molecule has 1 amide bonds. The molecule has 48 heavy (non-hydrogen) atoms. The standard InChI is InChI=1S/C21H21N9O10S.C6H15N/c1-38-20(35)10-6-30(28-26-10)21-24-16(22)13-17(25-21)29(8-23-13)19-15(33)14(32)12(40-19)7-39-41(36,37)27-18(34)9-4-2-3-5-11(9)31;1-4-7(5-2)6-3/h2-6,8,12,14-15,19,31-33H,7H2,1H3,(H,27,34)(H2,22,24,25);4-6H2,1-3H3/t12-,14-,15-,19-;/m1./s1. The maximum atomic E-state index is 12.3. The Labute approximate surface area is 274 Å². The van der Waals surface area contributed by atoms with Crippen molar-refractivity contribution >= 4 is 39.2 Å². The number of imidazole rings is 1. The summed E-state index contributed by atoms with van der Waals surface area (Å²) >= 11 is 0. The van der Waals surface area contributed by atoms with Crippen LogP contribution < -0.4 is 10.5 Å². The van der Waals surface area contributed by atoms with Gasteiger partial charge in [-0.15, -0.1) is 5.10 Å². The van der Waals surface area contributed by atoms with Crippen molar-refractivity contribution in [3.05, 3.63) is 48.0 Å². The maximum Gasteiger partial charge on any atom is 0.362 e. The molecule has 0 bridgehead atoms. The number of aliphatic hydroxyl groups is 2. The number of anilines is 1. The molecule has 5 rings (SSSR count). The molecular formula is C27H36N10O10S. The van der Waals surface area contributed by atoms with Gasteiger partial charge in [-0.25, -0.2) is 14.5 Å². The number of hydrogen-bond donors (Lipinski definition) is 5. The van der Waals surface area contributed by atoms with Gasteiger partial charge < -0.3 is 35.4 Å². The highest BCUT2D eigenvalue weighted by molar-refractivity contribution is 7.85. The molecule has 0 spiro atoms. The predicted molar refractivity (Wildman–Crippen MR) is 166 cm³/mol. The number of amides is 1. The average molecular weight is 693 g/mol. The van der Waals surface area contributed by atoms with Gasteiger partial charge in [-0.3, -0.25) is 13.5 Å². The first-order valence-corrected chi connectivity index (χ1v) is 16.0. The van der Waals surface area contributed by atoms with Crippen LogP contribution in [0.5, 0.6) is 5.75 Å². The summed E-state index contributed by atoms with van der Waals surface area (Å²) in [4.78, 5) is 38.8. The van der Waals surface area contributed by atoms with Crippen LogP contribution in [0.25, 0.3) is 17.1 Å². The van der Waals surface area contributed by atoms with E-state index in [0.717, 1.165) is 4.68 Å². The number of nitrogens with zero attached hydrogens (tertiary/aromatic N) is 8. The highest BCUT2D eigenvalue weighted by atomic mass is 32.2. The van der Waals surface area contributed by atoms with E-state index in [0.29, 0.717) is 0 Å². The Hall–Kier alpha value is -4.80. The molecule has 0 radical (unpaired) electrons. The van der Waals surface area contributed by atoms with Crippen molar-refractivity contribution in [1.29, 1.82) is 0 Å². The second-order valence-electron chi connectivity index (χ2n) is 10.1. The summed E-state index contributed by atoms with van der Waals surface area (Å²) in [7, 11) is -3.55. The van der Waals surface area contributed by atoms with Gasteiger partial charge in [-0.2, -0.15) is 23.1 Å². The van der Waals surface area contributed by atoms with Crippen LogP contribution in [0.1, 0.15) is 47.8 Å². The fourth-order valence-corrected chi connectivity index (χ4v) is 5.27.